The van der Waals surface area contributed by atoms with Gasteiger partial charge in [-0.2, -0.15) is 0 Å². The fraction of sp³-hybridized carbons (Fsp3) is 1.00. The monoisotopic (exact) mass is 240 g/mol. The van der Waals surface area contributed by atoms with E-state index >= 15 is 0 Å². The minimum atomic E-state index is 0.687. The van der Waals surface area contributed by atoms with E-state index in [2.05, 4.69) is 24.1 Å². The van der Waals surface area contributed by atoms with Crippen LogP contribution in [0.5, 0.6) is 0 Å². The molecule has 0 bridgehead atoms. The van der Waals surface area contributed by atoms with Gasteiger partial charge in [0.15, 0.2) is 0 Å². The fourth-order valence-corrected chi connectivity index (χ4v) is 2.47. The minimum Gasteiger partial charge on any atom is -0.381 e. The van der Waals surface area contributed by atoms with Crippen LogP contribution in [0.4, 0.5) is 0 Å². The summed E-state index contributed by atoms with van der Waals surface area (Å²) < 4.78 is 5.38. The van der Waals surface area contributed by atoms with Crippen molar-refractivity contribution >= 4 is 0 Å². The predicted molar refractivity (Wildman–Crippen MR) is 71.2 cm³/mol. The number of nitrogens with zero attached hydrogens (tertiary/aromatic N) is 1. The van der Waals surface area contributed by atoms with Crippen molar-refractivity contribution in [1.29, 1.82) is 0 Å². The lowest BCUT2D eigenvalue weighted by Gasteiger charge is -2.26. The standard InChI is InChI=1S/C14H28N2O/c1-12(2)16(10-13-3-4-13)7-6-15-9-14-5-8-17-11-14/h12-15H,3-11H2,1-2H3. The smallest absolute Gasteiger partial charge is 0.0507 e. The average Bonchev–Trinajstić information content (AvgIpc) is 2.96. The van der Waals surface area contributed by atoms with Gasteiger partial charge in [-0.15, -0.1) is 0 Å². The first kappa shape index (κ1) is 13.3. The van der Waals surface area contributed by atoms with Crippen LogP contribution < -0.4 is 5.32 Å². The topological polar surface area (TPSA) is 24.5 Å². The van der Waals surface area contributed by atoms with E-state index in [-0.39, 0.29) is 0 Å². The second kappa shape index (κ2) is 6.72. The summed E-state index contributed by atoms with van der Waals surface area (Å²) in [7, 11) is 0. The lowest BCUT2D eigenvalue weighted by molar-refractivity contribution is 0.183. The van der Waals surface area contributed by atoms with E-state index in [9.17, 15) is 0 Å². The highest BCUT2D eigenvalue weighted by molar-refractivity contribution is 4.79. The Kier molecular flexibility index (Phi) is 5.26. The Labute approximate surface area is 106 Å². The molecule has 1 N–H and O–H groups in total. The zero-order valence-corrected chi connectivity index (χ0v) is 11.5. The zero-order valence-electron chi connectivity index (χ0n) is 11.5. The van der Waals surface area contributed by atoms with Crippen molar-refractivity contribution in [1.82, 2.24) is 10.2 Å². The molecule has 1 aliphatic heterocycles. The number of nitrogens with one attached hydrogen (secondary N) is 1. The Hall–Kier alpha value is -0.120. The zero-order chi connectivity index (χ0) is 12.1. The summed E-state index contributed by atoms with van der Waals surface area (Å²) in [5.74, 6) is 1.76. The molecule has 100 valence electrons. The molecule has 2 fully saturated rings. The molecule has 1 unspecified atom stereocenters. The van der Waals surface area contributed by atoms with E-state index < -0.39 is 0 Å². The Morgan fingerprint density at radius 3 is 2.65 bits per heavy atom. The van der Waals surface area contributed by atoms with E-state index in [1.165, 1.54) is 32.4 Å². The molecule has 1 atom stereocenters. The highest BCUT2D eigenvalue weighted by Gasteiger charge is 2.25. The lowest BCUT2D eigenvalue weighted by atomic mass is 10.1. The Morgan fingerprint density at radius 2 is 2.06 bits per heavy atom. The second-order valence-electron chi connectivity index (χ2n) is 5.97. The van der Waals surface area contributed by atoms with Gasteiger partial charge in [-0.25, -0.2) is 0 Å². The highest BCUT2D eigenvalue weighted by Crippen LogP contribution is 2.30. The lowest BCUT2D eigenvalue weighted by Crippen LogP contribution is -2.39. The van der Waals surface area contributed by atoms with Gasteiger partial charge in [0.1, 0.15) is 0 Å². The quantitative estimate of drug-likeness (QED) is 0.654. The third kappa shape index (κ3) is 4.94. The molecule has 2 aliphatic rings. The van der Waals surface area contributed by atoms with E-state index in [1.807, 2.05) is 0 Å². The van der Waals surface area contributed by atoms with Gasteiger partial charge < -0.3 is 10.1 Å². The Balaban J connectivity index is 1.54. The first-order valence-corrected chi connectivity index (χ1v) is 7.28. The van der Waals surface area contributed by atoms with Gasteiger partial charge in [0, 0.05) is 38.8 Å². The molecule has 0 aromatic heterocycles. The molecule has 2 rings (SSSR count). The molecular formula is C14H28N2O. The summed E-state index contributed by atoms with van der Waals surface area (Å²) in [5.41, 5.74) is 0. The SMILES string of the molecule is CC(C)N(CCNCC1CCOC1)CC1CC1. The summed E-state index contributed by atoms with van der Waals surface area (Å²) >= 11 is 0. The fourth-order valence-electron chi connectivity index (χ4n) is 2.47. The maximum absolute atomic E-state index is 5.38. The molecular weight excluding hydrogens is 212 g/mol. The summed E-state index contributed by atoms with van der Waals surface area (Å²) in [6.07, 6.45) is 4.15. The van der Waals surface area contributed by atoms with Crippen molar-refractivity contribution in [2.24, 2.45) is 11.8 Å². The summed E-state index contributed by atoms with van der Waals surface area (Å²) in [6, 6.07) is 0.687. The van der Waals surface area contributed by atoms with Crippen LogP contribution in [-0.4, -0.2) is 50.3 Å². The van der Waals surface area contributed by atoms with Crippen LogP contribution in [-0.2, 0) is 4.74 Å². The molecule has 1 aliphatic carbocycles. The maximum Gasteiger partial charge on any atom is 0.0507 e. The Morgan fingerprint density at radius 1 is 1.24 bits per heavy atom. The van der Waals surface area contributed by atoms with E-state index in [1.54, 1.807) is 0 Å². The van der Waals surface area contributed by atoms with Crippen molar-refractivity contribution in [2.75, 3.05) is 39.4 Å². The molecule has 3 heteroatoms. The van der Waals surface area contributed by atoms with Crippen molar-refractivity contribution in [3.05, 3.63) is 0 Å². The van der Waals surface area contributed by atoms with Gasteiger partial charge in [0.2, 0.25) is 0 Å². The number of hydrogen-bond acceptors (Lipinski definition) is 3. The Bertz CT molecular complexity index is 210. The van der Waals surface area contributed by atoms with Gasteiger partial charge in [0.05, 0.1) is 6.61 Å². The summed E-state index contributed by atoms with van der Waals surface area (Å²) in [6.45, 7) is 11.3. The molecule has 0 spiro atoms. The normalized spacial score (nSPS) is 25.1. The van der Waals surface area contributed by atoms with Crippen molar-refractivity contribution in [3.63, 3.8) is 0 Å². The van der Waals surface area contributed by atoms with Crippen molar-refractivity contribution in [2.45, 2.75) is 39.2 Å². The van der Waals surface area contributed by atoms with Gasteiger partial charge in [0.25, 0.3) is 0 Å². The van der Waals surface area contributed by atoms with Crippen LogP contribution >= 0.6 is 0 Å². The first-order valence-electron chi connectivity index (χ1n) is 7.28. The molecule has 1 saturated heterocycles. The van der Waals surface area contributed by atoms with Gasteiger partial charge in [-0.3, -0.25) is 4.90 Å². The molecule has 0 aromatic carbocycles. The van der Waals surface area contributed by atoms with E-state index in [0.29, 0.717) is 6.04 Å². The van der Waals surface area contributed by atoms with E-state index in [4.69, 9.17) is 4.74 Å². The van der Waals surface area contributed by atoms with Crippen LogP contribution in [0.1, 0.15) is 33.1 Å². The number of ether oxygens (including phenoxy) is 1. The van der Waals surface area contributed by atoms with Gasteiger partial charge in [-0.1, -0.05) is 0 Å². The molecule has 0 amide bonds. The minimum absolute atomic E-state index is 0.687. The van der Waals surface area contributed by atoms with Crippen LogP contribution in [0, 0.1) is 11.8 Å². The highest BCUT2D eigenvalue weighted by atomic mass is 16.5. The third-order valence-electron chi connectivity index (χ3n) is 3.95. The van der Waals surface area contributed by atoms with Gasteiger partial charge >= 0.3 is 0 Å². The predicted octanol–water partition coefficient (Wildman–Crippen LogP) is 1.73. The van der Waals surface area contributed by atoms with Crippen molar-refractivity contribution < 1.29 is 4.74 Å². The number of rotatable bonds is 8. The molecule has 1 heterocycles. The average molecular weight is 240 g/mol. The van der Waals surface area contributed by atoms with Crippen LogP contribution in [0.2, 0.25) is 0 Å². The largest absolute Gasteiger partial charge is 0.381 e. The maximum atomic E-state index is 5.38. The first-order chi connectivity index (χ1) is 8.25. The molecule has 17 heavy (non-hydrogen) atoms. The summed E-state index contributed by atoms with van der Waals surface area (Å²) in [4.78, 5) is 2.62. The van der Waals surface area contributed by atoms with Crippen molar-refractivity contribution in [3.8, 4) is 0 Å². The second-order valence-corrected chi connectivity index (χ2v) is 5.97. The summed E-state index contributed by atoms with van der Waals surface area (Å²) in [5, 5.41) is 3.58. The third-order valence-corrected chi connectivity index (χ3v) is 3.95. The van der Waals surface area contributed by atoms with Gasteiger partial charge in [-0.05, 0) is 44.9 Å². The number of hydrogen-bond donors (Lipinski definition) is 1. The molecule has 0 radical (unpaired) electrons. The van der Waals surface area contributed by atoms with Crippen LogP contribution in [0.3, 0.4) is 0 Å². The van der Waals surface area contributed by atoms with E-state index in [0.717, 1.165) is 38.1 Å². The molecule has 0 aromatic rings. The molecule has 1 saturated carbocycles. The van der Waals surface area contributed by atoms with Crippen LogP contribution in [0.15, 0.2) is 0 Å². The molecule has 3 nitrogen and oxygen atoms in total. The van der Waals surface area contributed by atoms with Crippen LogP contribution in [0.25, 0.3) is 0 Å².